The summed E-state index contributed by atoms with van der Waals surface area (Å²) in [5, 5.41) is 7.59. The van der Waals surface area contributed by atoms with Crippen molar-refractivity contribution in [2.24, 2.45) is 5.10 Å². The number of rotatable bonds is 5. The lowest BCUT2D eigenvalue weighted by molar-refractivity contribution is -0.131. The average molecular weight is 353 g/mol. The Morgan fingerprint density at radius 2 is 1.73 bits per heavy atom. The minimum absolute atomic E-state index is 0.452. The molecule has 0 unspecified atom stereocenters. The minimum atomic E-state index is -1.19. The van der Waals surface area contributed by atoms with Gasteiger partial charge < -0.3 is 14.8 Å². The molecule has 0 spiro atoms. The van der Waals surface area contributed by atoms with Crippen LogP contribution in [-0.2, 0) is 10.3 Å². The van der Waals surface area contributed by atoms with Gasteiger partial charge in [0, 0.05) is 0 Å². The predicted octanol–water partition coefficient (Wildman–Crippen LogP) is 2.50. The van der Waals surface area contributed by atoms with Gasteiger partial charge in [0.25, 0.3) is 5.91 Å². The van der Waals surface area contributed by atoms with Crippen LogP contribution in [0.3, 0.4) is 0 Å². The van der Waals surface area contributed by atoms with Gasteiger partial charge in [0.2, 0.25) is 0 Å². The average Bonchev–Trinajstić information content (AvgIpc) is 2.89. The van der Waals surface area contributed by atoms with E-state index < -0.39 is 17.5 Å². The Kier molecular flexibility index (Phi) is 4.62. The molecule has 7 nitrogen and oxygen atoms in total. The Morgan fingerprint density at radius 3 is 2.38 bits per heavy atom. The topological polar surface area (TPSA) is 80.2 Å². The fraction of sp³-hybridized carbons (Fsp3) is 0.211. The van der Waals surface area contributed by atoms with Crippen molar-refractivity contribution in [2.45, 2.75) is 12.5 Å². The quantitative estimate of drug-likeness (QED) is 0.662. The largest absolute Gasteiger partial charge is 0.497 e. The standard InChI is InChI=1S/C19H19N3O4/c1-19(14-7-9-15(25-2)10-8-14)17(23)22(18(24)21-19)20-12-13-5-4-6-16(11-13)26-3/h4-12H,1-3H3,(H,21,24)/b20-12-/t19-/m1/s1. The van der Waals surface area contributed by atoms with Crippen molar-refractivity contribution < 1.29 is 19.1 Å². The zero-order chi connectivity index (χ0) is 18.7. The van der Waals surface area contributed by atoms with E-state index in [-0.39, 0.29) is 0 Å². The maximum atomic E-state index is 12.8. The summed E-state index contributed by atoms with van der Waals surface area (Å²) in [7, 11) is 3.13. The summed E-state index contributed by atoms with van der Waals surface area (Å²) < 4.78 is 10.3. The molecule has 1 heterocycles. The van der Waals surface area contributed by atoms with Crippen molar-refractivity contribution in [1.82, 2.24) is 10.3 Å². The summed E-state index contributed by atoms with van der Waals surface area (Å²) in [4.78, 5) is 25.1. The monoisotopic (exact) mass is 353 g/mol. The number of nitrogens with one attached hydrogen (secondary N) is 1. The number of carbonyl (C=O) groups is 2. The molecule has 0 saturated carbocycles. The number of methoxy groups -OCH3 is 2. The number of hydrazone groups is 1. The number of urea groups is 1. The Bertz CT molecular complexity index is 863. The summed E-state index contributed by atoms with van der Waals surface area (Å²) >= 11 is 0. The zero-order valence-corrected chi connectivity index (χ0v) is 14.7. The van der Waals surface area contributed by atoms with Crippen LogP contribution in [0, 0.1) is 0 Å². The smallest absolute Gasteiger partial charge is 0.346 e. The molecule has 0 aromatic heterocycles. The van der Waals surface area contributed by atoms with Crippen molar-refractivity contribution in [2.75, 3.05) is 14.2 Å². The van der Waals surface area contributed by atoms with Gasteiger partial charge in [-0.3, -0.25) is 4.79 Å². The number of imide groups is 1. The van der Waals surface area contributed by atoms with Crippen molar-refractivity contribution in [3.8, 4) is 11.5 Å². The molecule has 7 heteroatoms. The van der Waals surface area contributed by atoms with Gasteiger partial charge in [-0.2, -0.15) is 5.10 Å². The third-order valence-electron chi connectivity index (χ3n) is 4.25. The van der Waals surface area contributed by atoms with E-state index in [1.165, 1.54) is 6.21 Å². The van der Waals surface area contributed by atoms with Crippen LogP contribution in [0.5, 0.6) is 11.5 Å². The second-order valence-corrected chi connectivity index (χ2v) is 5.92. The van der Waals surface area contributed by atoms with Gasteiger partial charge in [-0.1, -0.05) is 24.3 Å². The normalized spacial score (nSPS) is 19.7. The molecule has 2 aromatic rings. The zero-order valence-electron chi connectivity index (χ0n) is 14.7. The van der Waals surface area contributed by atoms with Crippen molar-refractivity contribution >= 4 is 18.2 Å². The SMILES string of the molecule is COc1ccc([C@@]2(C)NC(=O)N(/N=C\c3cccc(OC)c3)C2=O)cc1. The first-order valence-electron chi connectivity index (χ1n) is 7.97. The van der Waals surface area contributed by atoms with E-state index in [2.05, 4.69) is 10.4 Å². The second kappa shape index (κ2) is 6.87. The maximum Gasteiger partial charge on any atom is 0.346 e. The molecule has 3 amide bonds. The van der Waals surface area contributed by atoms with Gasteiger partial charge >= 0.3 is 6.03 Å². The number of amides is 3. The summed E-state index contributed by atoms with van der Waals surface area (Å²) in [6, 6.07) is 13.5. The molecule has 134 valence electrons. The van der Waals surface area contributed by atoms with Gasteiger partial charge in [0.15, 0.2) is 0 Å². The van der Waals surface area contributed by atoms with E-state index in [0.29, 0.717) is 22.6 Å². The highest BCUT2D eigenvalue weighted by Crippen LogP contribution is 2.30. The molecule has 0 bridgehead atoms. The highest BCUT2D eigenvalue weighted by atomic mass is 16.5. The van der Waals surface area contributed by atoms with E-state index in [4.69, 9.17) is 9.47 Å². The lowest BCUT2D eigenvalue weighted by atomic mass is 9.92. The third kappa shape index (κ3) is 3.11. The van der Waals surface area contributed by atoms with Crippen LogP contribution >= 0.6 is 0 Å². The summed E-state index contributed by atoms with van der Waals surface area (Å²) in [6.45, 7) is 1.65. The van der Waals surface area contributed by atoms with Crippen molar-refractivity contribution in [3.05, 3.63) is 59.7 Å². The molecule has 26 heavy (non-hydrogen) atoms. The fourth-order valence-corrected chi connectivity index (χ4v) is 2.70. The first-order chi connectivity index (χ1) is 12.5. The number of benzene rings is 2. The van der Waals surface area contributed by atoms with Gasteiger partial charge in [0.05, 0.1) is 20.4 Å². The molecule has 1 aliphatic rings. The maximum absolute atomic E-state index is 12.8. The number of ether oxygens (including phenoxy) is 2. The molecule has 1 saturated heterocycles. The van der Waals surface area contributed by atoms with Crippen LogP contribution in [0.15, 0.2) is 53.6 Å². The van der Waals surface area contributed by atoms with Crippen LogP contribution in [-0.4, -0.2) is 37.4 Å². The Hall–Kier alpha value is -3.35. The molecular weight excluding hydrogens is 334 g/mol. The molecule has 2 aromatic carbocycles. The van der Waals surface area contributed by atoms with Crippen LogP contribution in [0.1, 0.15) is 18.1 Å². The van der Waals surface area contributed by atoms with Gasteiger partial charge in [-0.15, -0.1) is 5.01 Å². The first-order valence-corrected chi connectivity index (χ1v) is 7.97. The molecule has 1 atom stereocenters. The van der Waals surface area contributed by atoms with E-state index in [9.17, 15) is 9.59 Å². The van der Waals surface area contributed by atoms with Crippen LogP contribution in [0.4, 0.5) is 4.79 Å². The third-order valence-corrected chi connectivity index (χ3v) is 4.25. The molecular formula is C19H19N3O4. The summed E-state index contributed by atoms with van der Waals surface area (Å²) in [5.74, 6) is 0.878. The highest BCUT2D eigenvalue weighted by molar-refractivity contribution is 6.07. The van der Waals surface area contributed by atoms with Crippen molar-refractivity contribution in [1.29, 1.82) is 0 Å². The van der Waals surface area contributed by atoms with Gasteiger partial charge in [-0.05, 0) is 42.3 Å². The van der Waals surface area contributed by atoms with Gasteiger partial charge in [0.1, 0.15) is 17.0 Å². The number of nitrogens with zero attached hydrogens (tertiary/aromatic N) is 2. The number of hydrogen-bond acceptors (Lipinski definition) is 5. The molecule has 0 aliphatic carbocycles. The highest BCUT2D eigenvalue weighted by Gasteiger charge is 2.49. The Labute approximate surface area is 151 Å². The molecule has 1 fully saturated rings. The first kappa shape index (κ1) is 17.5. The minimum Gasteiger partial charge on any atom is -0.497 e. The lowest BCUT2D eigenvalue weighted by Gasteiger charge is -2.21. The Morgan fingerprint density at radius 1 is 1.04 bits per heavy atom. The van der Waals surface area contributed by atoms with E-state index in [1.807, 2.05) is 0 Å². The molecule has 3 rings (SSSR count). The summed E-state index contributed by atoms with van der Waals surface area (Å²) in [5.41, 5.74) is 0.174. The number of carbonyl (C=O) groups excluding carboxylic acids is 2. The van der Waals surface area contributed by atoms with Crippen LogP contribution in [0.25, 0.3) is 0 Å². The van der Waals surface area contributed by atoms with Crippen LogP contribution in [0.2, 0.25) is 0 Å². The fourth-order valence-electron chi connectivity index (χ4n) is 2.70. The number of hydrogen-bond donors (Lipinski definition) is 1. The molecule has 1 aliphatic heterocycles. The van der Waals surface area contributed by atoms with Gasteiger partial charge in [-0.25, -0.2) is 4.79 Å². The van der Waals surface area contributed by atoms with E-state index in [0.717, 1.165) is 5.01 Å². The molecule has 0 radical (unpaired) electrons. The van der Waals surface area contributed by atoms with E-state index >= 15 is 0 Å². The predicted molar refractivity (Wildman–Crippen MR) is 96.3 cm³/mol. The van der Waals surface area contributed by atoms with Crippen molar-refractivity contribution in [3.63, 3.8) is 0 Å². The van der Waals surface area contributed by atoms with Crippen LogP contribution < -0.4 is 14.8 Å². The summed E-state index contributed by atoms with van der Waals surface area (Å²) in [6.07, 6.45) is 1.44. The van der Waals surface area contributed by atoms with E-state index in [1.54, 1.807) is 69.7 Å². The second-order valence-electron chi connectivity index (χ2n) is 5.92. The molecule has 1 N–H and O–H groups in total. The Balaban J connectivity index is 1.84. The lowest BCUT2D eigenvalue weighted by Crippen LogP contribution is -2.40.